The van der Waals surface area contributed by atoms with Crippen molar-refractivity contribution in [3.05, 3.63) is 57.3 Å². The van der Waals surface area contributed by atoms with E-state index >= 15 is 0 Å². The van der Waals surface area contributed by atoms with Crippen LogP contribution in [0.4, 0.5) is 5.69 Å². The van der Waals surface area contributed by atoms with Crippen molar-refractivity contribution in [2.45, 2.75) is 34.2 Å². The molecule has 2 aromatic heterocycles. The zero-order valence-electron chi connectivity index (χ0n) is 14.1. The number of carbonyl (C=O) groups excluding carboxylic acids is 1. The summed E-state index contributed by atoms with van der Waals surface area (Å²) in [7, 11) is 0. The van der Waals surface area contributed by atoms with Crippen LogP contribution in [-0.4, -0.2) is 15.5 Å². The van der Waals surface area contributed by atoms with Gasteiger partial charge in [-0.05, 0) is 44.9 Å². The van der Waals surface area contributed by atoms with E-state index in [1.54, 1.807) is 6.92 Å². The number of fused-ring (bicyclic) bond motifs is 1. The Morgan fingerprint density at radius 1 is 1.21 bits per heavy atom. The summed E-state index contributed by atoms with van der Waals surface area (Å²) in [5, 5.41) is 3.27. The Labute approximate surface area is 139 Å². The van der Waals surface area contributed by atoms with Gasteiger partial charge in [-0.1, -0.05) is 12.1 Å². The van der Waals surface area contributed by atoms with Gasteiger partial charge in [0.2, 0.25) is 11.6 Å². The van der Waals surface area contributed by atoms with Crippen LogP contribution in [-0.2, 0) is 11.3 Å². The number of anilines is 1. The first-order chi connectivity index (χ1) is 11.4. The topological polar surface area (TPSA) is 77.1 Å². The molecule has 1 aromatic carbocycles. The summed E-state index contributed by atoms with van der Waals surface area (Å²) in [5.41, 5.74) is 3.64. The number of benzene rings is 1. The average molecular weight is 325 g/mol. The summed E-state index contributed by atoms with van der Waals surface area (Å²) in [5.74, 6) is 0.386. The average Bonchev–Trinajstić information content (AvgIpc) is 2.82. The highest BCUT2D eigenvalue weighted by Crippen LogP contribution is 2.20. The highest BCUT2D eigenvalue weighted by molar-refractivity contribution is 5.91. The quantitative estimate of drug-likeness (QED) is 0.803. The van der Waals surface area contributed by atoms with E-state index in [2.05, 4.69) is 10.3 Å². The molecule has 0 aliphatic carbocycles. The lowest BCUT2D eigenvalue weighted by atomic mass is 10.1. The summed E-state index contributed by atoms with van der Waals surface area (Å²) < 4.78 is 6.74. The Bertz CT molecular complexity index is 999. The summed E-state index contributed by atoms with van der Waals surface area (Å²) in [6.07, 6.45) is 1.34. The molecule has 1 amide bonds. The Balaban J connectivity index is 1.88. The second-order valence-corrected chi connectivity index (χ2v) is 5.94. The number of hydrogen-bond acceptors (Lipinski definition) is 4. The van der Waals surface area contributed by atoms with Gasteiger partial charge in [0.1, 0.15) is 24.0 Å². The minimum Gasteiger partial charge on any atom is -0.443 e. The first-order valence-corrected chi connectivity index (χ1v) is 7.69. The van der Waals surface area contributed by atoms with Crippen LogP contribution in [0.3, 0.4) is 0 Å². The van der Waals surface area contributed by atoms with Crippen LogP contribution in [0, 0.1) is 27.7 Å². The maximum absolute atomic E-state index is 12.6. The van der Waals surface area contributed by atoms with Gasteiger partial charge in [0, 0.05) is 11.3 Å². The standard InChI is InChI=1S/C18H19N3O3/c1-10-6-5-7-14(11(10)2)20-15(22)8-21-9-19-17-16(18(21)23)12(3)13(4)24-17/h5-7,9H,8H2,1-4H3,(H,20,22). The number of rotatable bonds is 3. The molecule has 3 rings (SSSR count). The van der Waals surface area contributed by atoms with E-state index in [1.807, 2.05) is 39.0 Å². The van der Waals surface area contributed by atoms with Crippen molar-refractivity contribution in [3.8, 4) is 0 Å². The summed E-state index contributed by atoms with van der Waals surface area (Å²) >= 11 is 0. The van der Waals surface area contributed by atoms with Gasteiger partial charge < -0.3 is 9.73 Å². The molecule has 124 valence electrons. The fourth-order valence-corrected chi connectivity index (χ4v) is 2.61. The number of aromatic nitrogens is 2. The van der Waals surface area contributed by atoms with E-state index in [0.717, 1.165) is 22.4 Å². The molecule has 0 saturated carbocycles. The molecule has 0 atom stereocenters. The van der Waals surface area contributed by atoms with E-state index < -0.39 is 0 Å². The summed E-state index contributed by atoms with van der Waals surface area (Å²) in [6.45, 7) is 7.43. The zero-order chi connectivity index (χ0) is 17.4. The number of hydrogen-bond donors (Lipinski definition) is 1. The van der Waals surface area contributed by atoms with Crippen LogP contribution in [0.1, 0.15) is 22.5 Å². The highest BCUT2D eigenvalue weighted by Gasteiger charge is 2.15. The largest absolute Gasteiger partial charge is 0.443 e. The molecule has 0 aliphatic rings. The first kappa shape index (κ1) is 16.0. The molecule has 6 heteroatoms. The Kier molecular flexibility index (Phi) is 3.97. The molecule has 3 aromatic rings. The minimum absolute atomic E-state index is 0.0984. The minimum atomic E-state index is -0.273. The third kappa shape index (κ3) is 2.71. The van der Waals surface area contributed by atoms with Crippen LogP contribution in [0.5, 0.6) is 0 Å². The molecule has 0 spiro atoms. The van der Waals surface area contributed by atoms with Crippen molar-refractivity contribution in [2.24, 2.45) is 0 Å². The summed E-state index contributed by atoms with van der Waals surface area (Å²) in [4.78, 5) is 29.0. The SMILES string of the molecule is Cc1cccc(NC(=O)Cn2cnc3oc(C)c(C)c3c2=O)c1C. The number of aryl methyl sites for hydroxylation is 3. The van der Waals surface area contributed by atoms with Gasteiger partial charge in [-0.15, -0.1) is 0 Å². The van der Waals surface area contributed by atoms with Gasteiger partial charge in [0.05, 0.1) is 0 Å². The third-order valence-electron chi connectivity index (χ3n) is 4.35. The Hall–Kier alpha value is -2.89. The van der Waals surface area contributed by atoms with Gasteiger partial charge >= 0.3 is 0 Å². The predicted octanol–water partition coefficient (Wildman–Crippen LogP) is 2.86. The molecule has 0 aliphatic heterocycles. The van der Waals surface area contributed by atoms with Crippen LogP contribution >= 0.6 is 0 Å². The Morgan fingerprint density at radius 3 is 2.71 bits per heavy atom. The molecular weight excluding hydrogens is 306 g/mol. The van der Waals surface area contributed by atoms with E-state index in [4.69, 9.17) is 4.42 Å². The maximum atomic E-state index is 12.6. The van der Waals surface area contributed by atoms with Gasteiger partial charge in [0.25, 0.3) is 5.56 Å². The van der Waals surface area contributed by atoms with E-state index in [1.165, 1.54) is 10.9 Å². The lowest BCUT2D eigenvalue weighted by Crippen LogP contribution is -2.28. The molecular formula is C18H19N3O3. The Morgan fingerprint density at radius 2 is 1.96 bits per heavy atom. The molecule has 1 N–H and O–H groups in total. The van der Waals surface area contributed by atoms with Crippen molar-refractivity contribution in [3.63, 3.8) is 0 Å². The smallest absolute Gasteiger partial charge is 0.265 e. The van der Waals surface area contributed by atoms with Crippen molar-refractivity contribution < 1.29 is 9.21 Å². The monoisotopic (exact) mass is 325 g/mol. The second-order valence-electron chi connectivity index (χ2n) is 5.94. The molecule has 6 nitrogen and oxygen atoms in total. The maximum Gasteiger partial charge on any atom is 0.265 e. The van der Waals surface area contributed by atoms with Crippen molar-refractivity contribution >= 4 is 22.7 Å². The third-order valence-corrected chi connectivity index (χ3v) is 4.35. The molecule has 2 heterocycles. The molecule has 24 heavy (non-hydrogen) atoms. The zero-order valence-corrected chi connectivity index (χ0v) is 14.1. The van der Waals surface area contributed by atoms with Gasteiger partial charge in [-0.25, -0.2) is 4.98 Å². The normalized spacial score (nSPS) is 11.0. The van der Waals surface area contributed by atoms with Crippen LogP contribution < -0.4 is 10.9 Å². The lowest BCUT2D eigenvalue weighted by molar-refractivity contribution is -0.116. The van der Waals surface area contributed by atoms with E-state index in [0.29, 0.717) is 16.9 Å². The van der Waals surface area contributed by atoms with Crippen molar-refractivity contribution in [2.75, 3.05) is 5.32 Å². The number of amides is 1. The van der Waals surface area contributed by atoms with Crippen LogP contribution in [0.25, 0.3) is 11.1 Å². The lowest BCUT2D eigenvalue weighted by Gasteiger charge is -2.11. The fourth-order valence-electron chi connectivity index (χ4n) is 2.61. The van der Waals surface area contributed by atoms with Gasteiger partial charge in [0.15, 0.2) is 0 Å². The molecule has 0 fully saturated rings. The molecule has 0 radical (unpaired) electrons. The number of nitrogens with zero attached hydrogens (tertiary/aromatic N) is 2. The molecule has 0 bridgehead atoms. The number of furan rings is 1. The fraction of sp³-hybridized carbons (Fsp3) is 0.278. The highest BCUT2D eigenvalue weighted by atomic mass is 16.3. The van der Waals surface area contributed by atoms with Gasteiger partial charge in [-0.3, -0.25) is 14.2 Å². The van der Waals surface area contributed by atoms with E-state index in [9.17, 15) is 9.59 Å². The number of carbonyl (C=O) groups is 1. The van der Waals surface area contributed by atoms with Gasteiger partial charge in [-0.2, -0.15) is 0 Å². The molecule has 0 unspecified atom stereocenters. The summed E-state index contributed by atoms with van der Waals surface area (Å²) in [6, 6.07) is 5.71. The van der Waals surface area contributed by atoms with E-state index in [-0.39, 0.29) is 18.0 Å². The van der Waals surface area contributed by atoms with Crippen molar-refractivity contribution in [1.29, 1.82) is 0 Å². The van der Waals surface area contributed by atoms with Crippen molar-refractivity contribution in [1.82, 2.24) is 9.55 Å². The molecule has 0 saturated heterocycles. The first-order valence-electron chi connectivity index (χ1n) is 7.69. The second kappa shape index (κ2) is 5.96. The number of nitrogens with one attached hydrogen (secondary N) is 1. The van der Waals surface area contributed by atoms with Crippen LogP contribution in [0.15, 0.2) is 33.7 Å². The predicted molar refractivity (Wildman–Crippen MR) is 92.3 cm³/mol. The van der Waals surface area contributed by atoms with Crippen LogP contribution in [0.2, 0.25) is 0 Å².